The molecule has 4 heteroatoms. The topological polar surface area (TPSA) is 43.0 Å². The van der Waals surface area contributed by atoms with Crippen molar-refractivity contribution in [3.05, 3.63) is 58.1 Å². The molecule has 4 rings (SSSR count). The number of fused-ring (bicyclic) bond motifs is 1. The molecule has 0 saturated carbocycles. The molecule has 132 valence electrons. The van der Waals surface area contributed by atoms with Crippen LogP contribution in [0.5, 0.6) is 11.5 Å². The third-order valence-electron chi connectivity index (χ3n) is 5.19. The van der Waals surface area contributed by atoms with Gasteiger partial charge in [0.05, 0.1) is 26.9 Å². The zero-order valence-electron chi connectivity index (χ0n) is 15.3. The van der Waals surface area contributed by atoms with Crippen LogP contribution in [0.2, 0.25) is 0 Å². The molecule has 0 amide bonds. The number of nitrogens with one attached hydrogen (secondary N) is 1. The average Bonchev–Trinajstić information content (AvgIpc) is 3.40. The monoisotopic (exact) mass is 339 g/mol. The second-order valence-electron chi connectivity index (χ2n) is 7.08. The summed E-state index contributed by atoms with van der Waals surface area (Å²) in [5.41, 5.74) is 6.33. The van der Waals surface area contributed by atoms with Crippen LogP contribution in [0.25, 0.3) is 0 Å². The fourth-order valence-electron chi connectivity index (χ4n) is 3.73. The molecule has 1 N–H and O–H groups in total. The predicted molar refractivity (Wildman–Crippen MR) is 97.5 cm³/mol. The SMILES string of the molecule is COc1cc(OC)c(C2NCc3cc(C4CO4)ccc32)cc1C(C)C. The van der Waals surface area contributed by atoms with E-state index in [-0.39, 0.29) is 6.04 Å². The van der Waals surface area contributed by atoms with Crippen LogP contribution in [-0.4, -0.2) is 20.8 Å². The molecule has 2 aliphatic rings. The highest BCUT2D eigenvalue weighted by molar-refractivity contribution is 5.54. The van der Waals surface area contributed by atoms with Gasteiger partial charge in [-0.2, -0.15) is 0 Å². The van der Waals surface area contributed by atoms with E-state index in [0.29, 0.717) is 12.0 Å². The molecule has 4 nitrogen and oxygen atoms in total. The number of rotatable bonds is 5. The van der Waals surface area contributed by atoms with Crippen molar-refractivity contribution < 1.29 is 14.2 Å². The molecular formula is C21H25NO3. The molecule has 0 radical (unpaired) electrons. The van der Waals surface area contributed by atoms with Gasteiger partial charge in [-0.15, -0.1) is 0 Å². The first-order valence-corrected chi connectivity index (χ1v) is 8.86. The fourth-order valence-corrected chi connectivity index (χ4v) is 3.73. The summed E-state index contributed by atoms with van der Waals surface area (Å²) in [6.07, 6.45) is 0.299. The summed E-state index contributed by atoms with van der Waals surface area (Å²) >= 11 is 0. The van der Waals surface area contributed by atoms with Crippen LogP contribution in [0.3, 0.4) is 0 Å². The normalized spacial score (nSPS) is 21.3. The van der Waals surface area contributed by atoms with E-state index in [4.69, 9.17) is 14.2 Å². The Bertz CT molecular complexity index is 796. The second-order valence-corrected chi connectivity index (χ2v) is 7.08. The van der Waals surface area contributed by atoms with Crippen molar-refractivity contribution in [2.45, 2.75) is 38.5 Å². The van der Waals surface area contributed by atoms with Crippen LogP contribution in [0.15, 0.2) is 30.3 Å². The van der Waals surface area contributed by atoms with Crippen molar-refractivity contribution >= 4 is 0 Å². The number of hydrogen-bond donors (Lipinski definition) is 1. The molecule has 2 heterocycles. The van der Waals surface area contributed by atoms with Crippen molar-refractivity contribution in [1.29, 1.82) is 0 Å². The Hall–Kier alpha value is -2.04. The molecule has 2 unspecified atom stereocenters. The van der Waals surface area contributed by atoms with Gasteiger partial charge in [0.1, 0.15) is 17.6 Å². The van der Waals surface area contributed by atoms with Gasteiger partial charge in [-0.05, 0) is 34.2 Å². The lowest BCUT2D eigenvalue weighted by Crippen LogP contribution is -2.15. The van der Waals surface area contributed by atoms with Crippen molar-refractivity contribution in [3.8, 4) is 11.5 Å². The van der Waals surface area contributed by atoms with E-state index in [9.17, 15) is 0 Å². The Morgan fingerprint density at radius 1 is 1.04 bits per heavy atom. The molecule has 0 aromatic heterocycles. The van der Waals surface area contributed by atoms with E-state index in [2.05, 4.69) is 43.4 Å². The number of hydrogen-bond acceptors (Lipinski definition) is 4. The molecule has 0 spiro atoms. The molecule has 2 aromatic carbocycles. The van der Waals surface area contributed by atoms with Crippen molar-refractivity contribution in [3.63, 3.8) is 0 Å². The first kappa shape index (κ1) is 16.4. The zero-order chi connectivity index (χ0) is 17.6. The molecule has 25 heavy (non-hydrogen) atoms. The van der Waals surface area contributed by atoms with Crippen LogP contribution >= 0.6 is 0 Å². The summed E-state index contributed by atoms with van der Waals surface area (Å²) in [4.78, 5) is 0. The van der Waals surface area contributed by atoms with Crippen molar-refractivity contribution in [2.75, 3.05) is 20.8 Å². The number of ether oxygens (including phenoxy) is 3. The number of epoxide rings is 1. The maximum absolute atomic E-state index is 5.68. The van der Waals surface area contributed by atoms with E-state index < -0.39 is 0 Å². The van der Waals surface area contributed by atoms with Crippen molar-refractivity contribution in [2.24, 2.45) is 0 Å². The van der Waals surface area contributed by atoms with Crippen LogP contribution in [0.4, 0.5) is 0 Å². The van der Waals surface area contributed by atoms with Crippen LogP contribution < -0.4 is 14.8 Å². The van der Waals surface area contributed by atoms with Gasteiger partial charge in [-0.3, -0.25) is 0 Å². The highest BCUT2D eigenvalue weighted by Gasteiger charge is 2.30. The van der Waals surface area contributed by atoms with Gasteiger partial charge in [0.15, 0.2) is 0 Å². The zero-order valence-corrected chi connectivity index (χ0v) is 15.3. The standard InChI is InChI=1S/C21H25NO3/c1-12(2)16-8-17(19(24-4)9-18(16)23-3)21-15-6-5-13(20-11-25-20)7-14(15)10-22-21/h5-9,12,20-22H,10-11H2,1-4H3. The Balaban J connectivity index is 1.77. The van der Waals surface area contributed by atoms with Crippen molar-refractivity contribution in [1.82, 2.24) is 5.32 Å². The Labute approximate surface area is 149 Å². The van der Waals surface area contributed by atoms with Gasteiger partial charge in [-0.25, -0.2) is 0 Å². The van der Waals surface area contributed by atoms with Crippen LogP contribution in [-0.2, 0) is 11.3 Å². The number of methoxy groups -OCH3 is 2. The molecule has 1 fully saturated rings. The Morgan fingerprint density at radius 3 is 2.44 bits per heavy atom. The van der Waals surface area contributed by atoms with Gasteiger partial charge >= 0.3 is 0 Å². The highest BCUT2D eigenvalue weighted by Crippen LogP contribution is 2.42. The Morgan fingerprint density at radius 2 is 1.80 bits per heavy atom. The summed E-state index contributed by atoms with van der Waals surface area (Å²) in [6.45, 7) is 6.09. The minimum Gasteiger partial charge on any atom is -0.496 e. The highest BCUT2D eigenvalue weighted by atomic mass is 16.6. The lowest BCUT2D eigenvalue weighted by atomic mass is 9.92. The molecule has 2 aromatic rings. The lowest BCUT2D eigenvalue weighted by molar-refractivity contribution is 0.384. The molecular weight excluding hydrogens is 314 g/mol. The summed E-state index contributed by atoms with van der Waals surface area (Å²) in [5, 5.41) is 3.64. The van der Waals surface area contributed by atoms with Gasteiger partial charge in [0.25, 0.3) is 0 Å². The van der Waals surface area contributed by atoms with Gasteiger partial charge in [0.2, 0.25) is 0 Å². The van der Waals surface area contributed by atoms with E-state index in [1.807, 2.05) is 6.07 Å². The third kappa shape index (κ3) is 2.90. The maximum Gasteiger partial charge on any atom is 0.127 e. The first-order valence-electron chi connectivity index (χ1n) is 8.86. The summed E-state index contributed by atoms with van der Waals surface area (Å²) < 4.78 is 16.7. The van der Waals surface area contributed by atoms with E-state index in [0.717, 1.165) is 24.7 Å². The third-order valence-corrected chi connectivity index (χ3v) is 5.19. The molecule has 2 atom stereocenters. The Kier molecular flexibility index (Phi) is 4.18. The number of benzene rings is 2. The second kappa shape index (κ2) is 6.36. The van der Waals surface area contributed by atoms with Crippen LogP contribution in [0.1, 0.15) is 59.7 Å². The van der Waals surface area contributed by atoms with Gasteiger partial charge in [0, 0.05) is 18.2 Å². The average molecular weight is 339 g/mol. The minimum atomic E-state index is 0.141. The smallest absolute Gasteiger partial charge is 0.127 e. The minimum absolute atomic E-state index is 0.141. The largest absolute Gasteiger partial charge is 0.496 e. The van der Waals surface area contributed by atoms with Crippen LogP contribution in [0, 0.1) is 0 Å². The molecule has 0 bridgehead atoms. The van der Waals surface area contributed by atoms with E-state index in [1.165, 1.54) is 27.8 Å². The van der Waals surface area contributed by atoms with Gasteiger partial charge < -0.3 is 19.5 Å². The first-order chi connectivity index (χ1) is 12.1. The summed E-state index contributed by atoms with van der Waals surface area (Å²) in [5.74, 6) is 2.13. The van der Waals surface area contributed by atoms with E-state index in [1.54, 1.807) is 14.2 Å². The lowest BCUT2D eigenvalue weighted by Gasteiger charge is -2.21. The molecule has 0 aliphatic carbocycles. The quantitative estimate of drug-likeness (QED) is 0.833. The molecule has 1 saturated heterocycles. The fraction of sp³-hybridized carbons (Fsp3) is 0.429. The van der Waals surface area contributed by atoms with Gasteiger partial charge in [-0.1, -0.05) is 32.0 Å². The van der Waals surface area contributed by atoms with E-state index >= 15 is 0 Å². The summed E-state index contributed by atoms with van der Waals surface area (Å²) in [6, 6.07) is 11.1. The maximum atomic E-state index is 5.68. The molecule has 2 aliphatic heterocycles. The summed E-state index contributed by atoms with van der Waals surface area (Å²) in [7, 11) is 3.43. The predicted octanol–water partition coefficient (Wildman–Crippen LogP) is 4.09.